The van der Waals surface area contributed by atoms with Crippen molar-refractivity contribution in [1.29, 1.82) is 0 Å². The van der Waals surface area contributed by atoms with Crippen molar-refractivity contribution < 1.29 is 8.42 Å². The molecule has 0 saturated heterocycles. The van der Waals surface area contributed by atoms with Crippen LogP contribution in [-0.2, 0) is 10.0 Å². The minimum atomic E-state index is -3.71. The van der Waals surface area contributed by atoms with Gasteiger partial charge in [0.25, 0.3) is 0 Å². The van der Waals surface area contributed by atoms with Gasteiger partial charge in [0, 0.05) is 29.3 Å². The highest BCUT2D eigenvalue weighted by molar-refractivity contribution is 7.92. The van der Waals surface area contributed by atoms with Gasteiger partial charge in [-0.25, -0.2) is 12.7 Å². The molecule has 0 bridgehead atoms. The monoisotopic (exact) mass is 423 g/mol. The molecule has 0 fully saturated rings. The Hall–Kier alpha value is -3.19. The summed E-state index contributed by atoms with van der Waals surface area (Å²) < 4.78 is 28.7. The van der Waals surface area contributed by atoms with Crippen LogP contribution < -0.4 is 9.73 Å². The first-order valence-corrected chi connectivity index (χ1v) is 11.4. The summed E-state index contributed by atoms with van der Waals surface area (Å²) in [6, 6.07) is 12.5. The van der Waals surface area contributed by atoms with Crippen LogP contribution in [0.1, 0.15) is 26.0 Å². The number of benzene rings is 1. The molecule has 6 nitrogen and oxygen atoms in total. The van der Waals surface area contributed by atoms with Crippen LogP contribution in [0.25, 0.3) is 16.6 Å². The lowest BCUT2D eigenvalue weighted by Gasteiger charge is -2.27. The van der Waals surface area contributed by atoms with Gasteiger partial charge < -0.3 is 0 Å². The molecule has 0 unspecified atom stereocenters. The fraction of sp³-hybridized carbons (Fsp3) is 0.217. The highest BCUT2D eigenvalue weighted by Crippen LogP contribution is 2.29. The van der Waals surface area contributed by atoms with Crippen molar-refractivity contribution in [2.24, 2.45) is 0 Å². The highest BCUT2D eigenvalue weighted by atomic mass is 32.2. The van der Waals surface area contributed by atoms with Crippen molar-refractivity contribution in [3.8, 4) is 5.69 Å². The standard InChI is InChI=1S/C23H25N3O3S/c1-5-6-8-11-18(3)26(30(4,28)29)23-15-22(27)20-16-24-17(2)14-21(20)25(23)19-12-9-7-10-13-19/h5-7,9-16H,8H2,1-4H3/b6-5-,18-11+. The van der Waals surface area contributed by atoms with Gasteiger partial charge in [-0.3, -0.25) is 14.3 Å². The van der Waals surface area contributed by atoms with E-state index in [2.05, 4.69) is 4.98 Å². The number of fused-ring (bicyclic) bond motifs is 1. The molecule has 0 aliphatic carbocycles. The molecular formula is C23H25N3O3S. The third-order valence-corrected chi connectivity index (χ3v) is 5.81. The zero-order valence-electron chi connectivity index (χ0n) is 17.5. The lowest BCUT2D eigenvalue weighted by Crippen LogP contribution is -2.32. The van der Waals surface area contributed by atoms with E-state index in [0.29, 0.717) is 23.0 Å². The Labute approximate surface area is 176 Å². The molecule has 3 aromatic rings. The number of aromatic nitrogens is 2. The molecule has 0 spiro atoms. The van der Waals surface area contributed by atoms with Crippen LogP contribution in [0.2, 0.25) is 0 Å². The fourth-order valence-electron chi connectivity index (χ4n) is 3.37. The van der Waals surface area contributed by atoms with E-state index in [4.69, 9.17) is 0 Å². The molecule has 0 aliphatic rings. The summed E-state index contributed by atoms with van der Waals surface area (Å²) >= 11 is 0. The van der Waals surface area contributed by atoms with Gasteiger partial charge in [-0.1, -0.05) is 36.4 Å². The van der Waals surface area contributed by atoms with Gasteiger partial charge in [-0.2, -0.15) is 0 Å². The second-order valence-corrected chi connectivity index (χ2v) is 8.89. The van der Waals surface area contributed by atoms with E-state index < -0.39 is 10.0 Å². The van der Waals surface area contributed by atoms with E-state index >= 15 is 0 Å². The van der Waals surface area contributed by atoms with Crippen LogP contribution in [0.5, 0.6) is 0 Å². The van der Waals surface area contributed by atoms with Crippen molar-refractivity contribution in [3.05, 3.63) is 88.5 Å². The van der Waals surface area contributed by atoms with E-state index in [1.807, 2.05) is 62.4 Å². The van der Waals surface area contributed by atoms with E-state index in [1.54, 1.807) is 17.6 Å². The summed E-state index contributed by atoms with van der Waals surface area (Å²) in [5.74, 6) is 0.265. The van der Waals surface area contributed by atoms with Crippen molar-refractivity contribution in [1.82, 2.24) is 9.55 Å². The summed E-state index contributed by atoms with van der Waals surface area (Å²) in [7, 11) is -3.71. The molecule has 2 heterocycles. The fourth-order valence-corrected chi connectivity index (χ4v) is 4.44. The largest absolute Gasteiger partial charge is 0.295 e. The Kier molecular flexibility index (Phi) is 6.22. The van der Waals surface area contributed by atoms with Gasteiger partial charge >= 0.3 is 0 Å². The maximum atomic E-state index is 12.9. The number of aryl methyl sites for hydroxylation is 1. The van der Waals surface area contributed by atoms with Crippen LogP contribution >= 0.6 is 0 Å². The maximum Gasteiger partial charge on any atom is 0.237 e. The van der Waals surface area contributed by atoms with E-state index in [-0.39, 0.29) is 11.2 Å². The quantitative estimate of drug-likeness (QED) is 0.553. The SMILES string of the molecule is C/C=C\C/C=C(\C)N(c1cc(=O)c2cnc(C)cc2n1-c1ccccc1)S(C)(=O)=O. The maximum absolute atomic E-state index is 12.9. The summed E-state index contributed by atoms with van der Waals surface area (Å²) in [5, 5.41) is 0.428. The first kappa shape index (κ1) is 21.5. The second-order valence-electron chi connectivity index (χ2n) is 7.06. The molecule has 0 atom stereocenters. The lowest BCUT2D eigenvalue weighted by atomic mass is 10.2. The van der Waals surface area contributed by atoms with Crippen LogP contribution in [0, 0.1) is 6.92 Å². The molecule has 1 aromatic carbocycles. The molecule has 3 rings (SSSR count). The Morgan fingerprint density at radius 2 is 1.90 bits per heavy atom. The average molecular weight is 424 g/mol. The second kappa shape index (κ2) is 8.67. The molecule has 0 saturated carbocycles. The number of anilines is 1. The molecule has 156 valence electrons. The molecule has 0 aliphatic heterocycles. The number of pyridine rings is 2. The van der Waals surface area contributed by atoms with Crippen molar-refractivity contribution in [2.45, 2.75) is 27.2 Å². The number of para-hydroxylation sites is 1. The molecular weight excluding hydrogens is 398 g/mol. The Morgan fingerprint density at radius 3 is 2.53 bits per heavy atom. The zero-order chi connectivity index (χ0) is 21.9. The number of nitrogens with zero attached hydrogens (tertiary/aromatic N) is 3. The first-order valence-electron chi connectivity index (χ1n) is 9.60. The number of hydrogen-bond acceptors (Lipinski definition) is 4. The Morgan fingerprint density at radius 1 is 1.20 bits per heavy atom. The highest BCUT2D eigenvalue weighted by Gasteiger charge is 2.25. The van der Waals surface area contributed by atoms with Crippen LogP contribution in [0.4, 0.5) is 5.82 Å². The van der Waals surface area contributed by atoms with Crippen LogP contribution in [-0.4, -0.2) is 24.2 Å². The average Bonchev–Trinajstić information content (AvgIpc) is 2.68. The first-order chi connectivity index (χ1) is 14.2. The number of rotatable bonds is 6. The number of allylic oxidation sites excluding steroid dienone is 4. The minimum absolute atomic E-state index is 0.265. The third-order valence-electron chi connectivity index (χ3n) is 4.67. The zero-order valence-corrected chi connectivity index (χ0v) is 18.3. The van der Waals surface area contributed by atoms with Gasteiger partial charge in [-0.15, -0.1) is 0 Å². The molecule has 0 radical (unpaired) electrons. The van der Waals surface area contributed by atoms with Crippen LogP contribution in [0.15, 0.2) is 77.4 Å². The smallest absolute Gasteiger partial charge is 0.237 e. The number of sulfonamides is 1. The molecule has 7 heteroatoms. The topological polar surface area (TPSA) is 72.3 Å². The predicted octanol–water partition coefficient (Wildman–Crippen LogP) is 4.33. The van der Waals surface area contributed by atoms with Crippen molar-refractivity contribution in [3.63, 3.8) is 0 Å². The van der Waals surface area contributed by atoms with Gasteiger partial charge in [0.15, 0.2) is 5.43 Å². The van der Waals surface area contributed by atoms with Gasteiger partial charge in [0.2, 0.25) is 10.0 Å². The summed E-state index contributed by atoms with van der Waals surface area (Å²) in [6.45, 7) is 5.47. The molecule has 0 amide bonds. The minimum Gasteiger partial charge on any atom is -0.295 e. The van der Waals surface area contributed by atoms with Crippen molar-refractivity contribution in [2.75, 3.05) is 10.6 Å². The Balaban J connectivity index is 2.44. The van der Waals surface area contributed by atoms with E-state index in [1.165, 1.54) is 16.6 Å². The van der Waals surface area contributed by atoms with E-state index in [0.717, 1.165) is 17.6 Å². The summed E-state index contributed by atoms with van der Waals surface area (Å²) in [4.78, 5) is 17.2. The number of hydrogen-bond donors (Lipinski definition) is 0. The van der Waals surface area contributed by atoms with E-state index in [9.17, 15) is 13.2 Å². The van der Waals surface area contributed by atoms with Crippen molar-refractivity contribution >= 4 is 26.7 Å². The summed E-state index contributed by atoms with van der Waals surface area (Å²) in [6.07, 6.45) is 8.92. The molecule has 0 N–H and O–H groups in total. The van der Waals surface area contributed by atoms with Gasteiger partial charge in [0.1, 0.15) is 5.82 Å². The molecule has 30 heavy (non-hydrogen) atoms. The predicted molar refractivity (Wildman–Crippen MR) is 123 cm³/mol. The Bertz CT molecular complexity index is 1290. The lowest BCUT2D eigenvalue weighted by molar-refractivity contribution is 0.599. The van der Waals surface area contributed by atoms with Crippen LogP contribution in [0.3, 0.4) is 0 Å². The van der Waals surface area contributed by atoms with Gasteiger partial charge in [-0.05, 0) is 45.4 Å². The molecule has 2 aromatic heterocycles. The third kappa shape index (κ3) is 4.36. The normalized spacial score (nSPS) is 12.6. The van der Waals surface area contributed by atoms with Gasteiger partial charge in [0.05, 0.1) is 17.2 Å². The summed E-state index contributed by atoms with van der Waals surface area (Å²) in [5.41, 5.74) is 2.32.